The first-order valence-corrected chi connectivity index (χ1v) is 8.45. The van der Waals surface area contributed by atoms with Crippen LogP contribution in [0.4, 0.5) is 0 Å². The number of hydrogen-bond donors (Lipinski definition) is 0. The summed E-state index contributed by atoms with van der Waals surface area (Å²) in [4.78, 5) is 8.92. The fraction of sp³-hybridized carbons (Fsp3) is 0.294. The van der Waals surface area contributed by atoms with Crippen LogP contribution in [0.5, 0.6) is 0 Å². The number of hydrogen-bond acceptors (Lipinski definition) is 5. The Balaban J connectivity index is 1.78. The maximum atomic E-state index is 12.7. The van der Waals surface area contributed by atoms with Crippen molar-refractivity contribution in [3.8, 4) is 11.6 Å². The van der Waals surface area contributed by atoms with Crippen molar-refractivity contribution in [2.75, 3.05) is 0 Å². The van der Waals surface area contributed by atoms with Crippen LogP contribution in [0.2, 0.25) is 5.02 Å². The average molecular weight is 356 g/mol. The van der Waals surface area contributed by atoms with E-state index >= 15 is 0 Å². The normalized spacial score (nSPS) is 19.8. The molecule has 3 aromatic heterocycles. The Hall–Kier alpha value is -2.67. The van der Waals surface area contributed by atoms with Crippen LogP contribution in [-0.4, -0.2) is 19.5 Å². The average Bonchev–Trinajstić information content (AvgIpc) is 3.03. The zero-order valence-corrected chi connectivity index (χ0v) is 14.4. The molecule has 2 unspecified atom stereocenters. The lowest BCUT2D eigenvalue weighted by Gasteiger charge is -2.09. The lowest BCUT2D eigenvalue weighted by atomic mass is 10.2. The quantitative estimate of drug-likeness (QED) is 0.407. The van der Waals surface area contributed by atoms with Gasteiger partial charge in [-0.25, -0.2) is 4.98 Å². The minimum absolute atomic E-state index is 0.334. The topological polar surface area (TPSA) is 83.2 Å². The maximum absolute atomic E-state index is 12.7. The second-order valence-electron chi connectivity index (χ2n) is 6.58. The van der Waals surface area contributed by atoms with Crippen LogP contribution < -0.4 is 4.73 Å². The first-order chi connectivity index (χ1) is 12.1. The lowest BCUT2D eigenvalue weighted by Crippen LogP contribution is -2.32. The second kappa shape index (κ2) is 4.92. The second-order valence-corrected chi connectivity index (χ2v) is 6.98. The summed E-state index contributed by atoms with van der Waals surface area (Å²) in [5, 5.41) is 17.2. The van der Waals surface area contributed by atoms with Gasteiger partial charge in [-0.1, -0.05) is 29.7 Å². The zero-order valence-electron chi connectivity index (χ0n) is 13.6. The Labute approximate surface area is 147 Å². The van der Waals surface area contributed by atoms with Crippen LogP contribution in [0.1, 0.15) is 30.8 Å². The van der Waals surface area contributed by atoms with Crippen molar-refractivity contribution in [3.05, 3.63) is 46.3 Å². The van der Waals surface area contributed by atoms with E-state index in [4.69, 9.17) is 16.1 Å². The van der Waals surface area contributed by atoms with Crippen molar-refractivity contribution >= 4 is 28.2 Å². The first kappa shape index (κ1) is 14.7. The minimum Gasteiger partial charge on any atom is -0.618 e. The molecule has 0 aliphatic heterocycles. The van der Waals surface area contributed by atoms with Crippen molar-refractivity contribution < 1.29 is 9.25 Å². The molecule has 0 saturated heterocycles. The maximum Gasteiger partial charge on any atom is 0.279 e. The van der Waals surface area contributed by atoms with Crippen molar-refractivity contribution in [2.45, 2.75) is 26.2 Å². The van der Waals surface area contributed by atoms with E-state index in [0.717, 1.165) is 11.2 Å². The molecule has 0 N–H and O–H groups in total. The molecule has 3 heterocycles. The summed E-state index contributed by atoms with van der Waals surface area (Å²) in [7, 11) is 0. The van der Waals surface area contributed by atoms with Gasteiger partial charge in [-0.05, 0) is 24.5 Å². The summed E-state index contributed by atoms with van der Waals surface area (Å²) in [5.74, 6) is 1.98. The van der Waals surface area contributed by atoms with Crippen molar-refractivity contribution in [3.63, 3.8) is 0 Å². The van der Waals surface area contributed by atoms with Crippen LogP contribution in [0, 0.1) is 18.0 Å². The third kappa shape index (κ3) is 1.99. The molecule has 126 valence electrons. The van der Waals surface area contributed by atoms with Crippen molar-refractivity contribution in [1.82, 2.24) is 19.5 Å². The Morgan fingerprint density at radius 2 is 2.20 bits per heavy atom. The van der Waals surface area contributed by atoms with E-state index in [1.54, 1.807) is 25.4 Å². The van der Waals surface area contributed by atoms with Crippen LogP contribution in [-0.2, 0) is 0 Å². The molecule has 0 amide bonds. The molecule has 2 atom stereocenters. The number of benzene rings is 1. The van der Waals surface area contributed by atoms with Crippen LogP contribution in [0.25, 0.3) is 28.1 Å². The predicted octanol–water partition coefficient (Wildman–Crippen LogP) is 3.26. The highest BCUT2D eigenvalue weighted by atomic mass is 35.5. The summed E-state index contributed by atoms with van der Waals surface area (Å²) >= 11 is 6.22. The van der Waals surface area contributed by atoms with Gasteiger partial charge in [0.1, 0.15) is 22.4 Å². The molecule has 1 aliphatic carbocycles. The Morgan fingerprint density at radius 1 is 1.40 bits per heavy atom. The van der Waals surface area contributed by atoms with E-state index in [9.17, 15) is 5.21 Å². The molecular formula is C17H14ClN5O2. The SMILES string of the molecule is Cc1c2c(-c3nc(C4CC4C)no3)ncn2c2cccc(Cl)c2[n+]1[O-]. The highest BCUT2D eigenvalue weighted by Crippen LogP contribution is 2.46. The van der Waals surface area contributed by atoms with E-state index < -0.39 is 0 Å². The molecule has 1 aliphatic rings. The van der Waals surface area contributed by atoms with Crippen molar-refractivity contribution in [2.24, 2.45) is 5.92 Å². The molecule has 0 bridgehead atoms. The van der Waals surface area contributed by atoms with E-state index in [1.165, 1.54) is 0 Å². The number of rotatable bonds is 2. The zero-order chi connectivity index (χ0) is 17.3. The van der Waals surface area contributed by atoms with Gasteiger partial charge in [-0.2, -0.15) is 9.71 Å². The smallest absolute Gasteiger partial charge is 0.279 e. The van der Waals surface area contributed by atoms with Gasteiger partial charge < -0.3 is 9.73 Å². The predicted molar refractivity (Wildman–Crippen MR) is 91.2 cm³/mol. The Morgan fingerprint density at radius 3 is 2.96 bits per heavy atom. The minimum atomic E-state index is 0.334. The molecule has 1 saturated carbocycles. The van der Waals surface area contributed by atoms with Gasteiger partial charge in [0, 0.05) is 12.8 Å². The number of para-hydroxylation sites is 1. The number of imidazole rings is 1. The first-order valence-electron chi connectivity index (χ1n) is 8.07. The number of fused-ring (bicyclic) bond motifs is 3. The standard InChI is InChI=1S/C17H14ClN5O2/c1-8-6-10(8)16-20-17(25-21-16)13-14-9(2)23(24)15-11(18)4-3-5-12(15)22(14)7-19-13/h3-5,7-8,10H,6H2,1-2H3. The number of aromatic nitrogens is 5. The van der Waals surface area contributed by atoms with Crippen molar-refractivity contribution in [1.29, 1.82) is 0 Å². The van der Waals surface area contributed by atoms with Gasteiger partial charge in [0.05, 0.1) is 0 Å². The van der Waals surface area contributed by atoms with E-state index in [-0.39, 0.29) is 0 Å². The summed E-state index contributed by atoms with van der Waals surface area (Å²) in [5.41, 5.74) is 2.72. The molecule has 1 aromatic carbocycles. The summed E-state index contributed by atoms with van der Waals surface area (Å²) < 4.78 is 8.09. The Bertz CT molecular complexity index is 1150. The third-order valence-electron chi connectivity index (χ3n) is 4.93. The molecule has 0 spiro atoms. The molecule has 25 heavy (non-hydrogen) atoms. The molecule has 4 aromatic rings. The van der Waals surface area contributed by atoms with Gasteiger partial charge in [0.2, 0.25) is 5.69 Å². The summed E-state index contributed by atoms with van der Waals surface area (Å²) in [6.45, 7) is 3.89. The van der Waals surface area contributed by atoms with E-state index in [0.29, 0.717) is 56.5 Å². The molecule has 5 rings (SSSR count). The van der Waals surface area contributed by atoms with Crippen LogP contribution in [0.3, 0.4) is 0 Å². The van der Waals surface area contributed by atoms with Gasteiger partial charge >= 0.3 is 0 Å². The monoisotopic (exact) mass is 355 g/mol. The molecule has 7 nitrogen and oxygen atoms in total. The number of nitrogens with zero attached hydrogens (tertiary/aromatic N) is 5. The van der Waals surface area contributed by atoms with Gasteiger partial charge in [-0.15, -0.1) is 0 Å². The molecular weight excluding hydrogens is 342 g/mol. The highest BCUT2D eigenvalue weighted by molar-refractivity contribution is 6.34. The van der Waals surface area contributed by atoms with Crippen LogP contribution >= 0.6 is 11.6 Å². The molecule has 8 heteroatoms. The van der Waals surface area contributed by atoms with Crippen LogP contribution in [0.15, 0.2) is 29.0 Å². The van der Waals surface area contributed by atoms with Gasteiger partial charge in [0.25, 0.3) is 11.4 Å². The summed E-state index contributed by atoms with van der Waals surface area (Å²) in [6.07, 6.45) is 2.73. The van der Waals surface area contributed by atoms with E-state index in [1.807, 2.05) is 10.5 Å². The summed E-state index contributed by atoms with van der Waals surface area (Å²) in [6, 6.07) is 5.33. The number of halogens is 1. The van der Waals surface area contributed by atoms with Gasteiger partial charge in [-0.3, -0.25) is 4.40 Å². The molecule has 1 fully saturated rings. The fourth-order valence-electron chi connectivity index (χ4n) is 3.36. The fourth-order valence-corrected chi connectivity index (χ4v) is 3.61. The Kier molecular flexibility index (Phi) is 2.88. The van der Waals surface area contributed by atoms with E-state index in [2.05, 4.69) is 22.0 Å². The lowest BCUT2D eigenvalue weighted by molar-refractivity contribution is -0.583. The number of aryl methyl sites for hydroxylation is 1. The molecule has 0 radical (unpaired) electrons. The largest absolute Gasteiger partial charge is 0.618 e. The highest BCUT2D eigenvalue weighted by Gasteiger charge is 2.38. The van der Waals surface area contributed by atoms with Gasteiger partial charge in [0.15, 0.2) is 11.5 Å². The third-order valence-corrected chi connectivity index (χ3v) is 5.23.